The molecule has 0 atom stereocenters. The molecule has 1 aliphatic heterocycles. The molecule has 0 bridgehead atoms. The molecule has 1 aromatic heterocycles. The molecule has 1 saturated heterocycles. The molecule has 1 aliphatic carbocycles. The number of hydrogen-bond acceptors (Lipinski definition) is 4. The van der Waals surface area contributed by atoms with Crippen LogP contribution in [0.25, 0.3) is 6.08 Å². The van der Waals surface area contributed by atoms with Crippen LogP contribution >= 0.6 is 28.1 Å². The van der Waals surface area contributed by atoms with Crippen LogP contribution in [0.4, 0.5) is 0 Å². The fourth-order valence-electron chi connectivity index (χ4n) is 3.60. The minimum atomic E-state index is -0.0686. The first-order chi connectivity index (χ1) is 13.6. The van der Waals surface area contributed by atoms with Gasteiger partial charge in [-0.1, -0.05) is 35.2 Å². The molecule has 5 nitrogen and oxygen atoms in total. The zero-order valence-corrected chi connectivity index (χ0v) is 17.7. The van der Waals surface area contributed by atoms with Crippen LogP contribution in [0, 0.1) is 0 Å². The number of ether oxygens (including phenoxy) is 1. The van der Waals surface area contributed by atoms with Gasteiger partial charge in [-0.05, 0) is 61.5 Å². The van der Waals surface area contributed by atoms with E-state index in [-0.39, 0.29) is 11.9 Å². The van der Waals surface area contributed by atoms with E-state index < -0.39 is 0 Å². The third-order valence-corrected chi connectivity index (χ3v) is 5.84. The van der Waals surface area contributed by atoms with Gasteiger partial charge in [0.05, 0.1) is 0 Å². The molecule has 1 saturated carbocycles. The Morgan fingerprint density at radius 2 is 1.93 bits per heavy atom. The smallest absolute Gasteiger partial charge is 0.276 e. The summed E-state index contributed by atoms with van der Waals surface area (Å²) in [5.41, 5.74) is 0.463. The topological polar surface area (TPSA) is 54.7 Å². The lowest BCUT2D eigenvalue weighted by atomic mass is 9.94. The number of carbonyl (C=O) groups excluding carboxylic acids is 1. The van der Waals surface area contributed by atoms with Gasteiger partial charge in [0, 0.05) is 16.6 Å². The second-order valence-corrected chi connectivity index (χ2v) is 8.30. The van der Waals surface area contributed by atoms with Gasteiger partial charge < -0.3 is 14.5 Å². The molecular formula is C21H21BrN2O3S. The maximum atomic E-state index is 12.8. The van der Waals surface area contributed by atoms with Gasteiger partial charge in [-0.2, -0.15) is 0 Å². The van der Waals surface area contributed by atoms with E-state index in [0.717, 1.165) is 35.9 Å². The van der Waals surface area contributed by atoms with E-state index in [1.807, 2.05) is 36.4 Å². The fourth-order valence-corrected chi connectivity index (χ4v) is 4.20. The Bertz CT molecular complexity index is 901. The lowest BCUT2D eigenvalue weighted by Gasteiger charge is -2.29. The zero-order chi connectivity index (χ0) is 19.5. The van der Waals surface area contributed by atoms with Gasteiger partial charge in [0.25, 0.3) is 5.91 Å². The van der Waals surface area contributed by atoms with Crippen LogP contribution < -0.4 is 10.1 Å². The summed E-state index contributed by atoms with van der Waals surface area (Å²) in [6.45, 7) is 0.318. The standard InChI is InChI=1S/C21H21BrN2O3S/c22-14-6-8-16(9-7-14)26-13-18-11-10-17(27-18)12-19-20(25)24(21(28)23-19)15-4-2-1-3-5-15/h6-12,15H,1-5,13H2,(H,23,28)/b19-12+. The van der Waals surface area contributed by atoms with E-state index in [1.54, 1.807) is 11.0 Å². The third kappa shape index (κ3) is 4.31. The van der Waals surface area contributed by atoms with Crippen molar-refractivity contribution >= 4 is 45.2 Å². The van der Waals surface area contributed by atoms with E-state index in [2.05, 4.69) is 21.2 Å². The molecule has 0 unspecified atom stereocenters. The molecule has 1 amide bonds. The summed E-state index contributed by atoms with van der Waals surface area (Å²) in [5.74, 6) is 1.98. The minimum absolute atomic E-state index is 0.0686. The van der Waals surface area contributed by atoms with E-state index in [4.69, 9.17) is 21.4 Å². The number of amides is 1. The van der Waals surface area contributed by atoms with Crippen molar-refractivity contribution in [3.05, 3.63) is 58.1 Å². The first kappa shape index (κ1) is 19.2. The molecule has 1 N–H and O–H groups in total. The van der Waals surface area contributed by atoms with Gasteiger partial charge in [-0.15, -0.1) is 0 Å². The second-order valence-electron chi connectivity index (χ2n) is 7.00. The first-order valence-corrected chi connectivity index (χ1v) is 10.6. The van der Waals surface area contributed by atoms with Crippen molar-refractivity contribution in [1.29, 1.82) is 0 Å². The van der Waals surface area contributed by atoms with Crippen LogP contribution in [0.15, 0.2) is 51.0 Å². The van der Waals surface area contributed by atoms with Crippen molar-refractivity contribution in [1.82, 2.24) is 10.2 Å². The maximum Gasteiger partial charge on any atom is 0.276 e. The summed E-state index contributed by atoms with van der Waals surface area (Å²) in [6.07, 6.45) is 7.27. The van der Waals surface area contributed by atoms with Crippen LogP contribution in [-0.4, -0.2) is 22.0 Å². The molecule has 2 aliphatic rings. The van der Waals surface area contributed by atoms with Crippen LogP contribution in [0.3, 0.4) is 0 Å². The normalized spacial score (nSPS) is 19.3. The Hall–Kier alpha value is -2.12. The van der Waals surface area contributed by atoms with Crippen LogP contribution in [0.1, 0.15) is 43.6 Å². The molecule has 146 valence electrons. The Kier molecular flexibility index (Phi) is 5.82. The summed E-state index contributed by atoms with van der Waals surface area (Å²) in [7, 11) is 0. The Labute approximate surface area is 177 Å². The molecule has 0 radical (unpaired) electrons. The van der Waals surface area contributed by atoms with Crippen LogP contribution in [0.2, 0.25) is 0 Å². The SMILES string of the molecule is O=C1/C(=C\c2ccc(COc3ccc(Br)cc3)o2)NC(=S)N1C1CCCCC1. The van der Waals surface area contributed by atoms with Gasteiger partial charge in [0.1, 0.15) is 29.6 Å². The number of benzene rings is 1. The summed E-state index contributed by atoms with van der Waals surface area (Å²) in [6, 6.07) is 11.5. The molecular weight excluding hydrogens is 440 g/mol. The fraction of sp³-hybridized carbons (Fsp3) is 0.333. The van der Waals surface area contributed by atoms with Gasteiger partial charge in [0.2, 0.25) is 0 Å². The highest BCUT2D eigenvalue weighted by Gasteiger charge is 2.36. The highest BCUT2D eigenvalue weighted by molar-refractivity contribution is 9.10. The molecule has 28 heavy (non-hydrogen) atoms. The first-order valence-electron chi connectivity index (χ1n) is 9.43. The van der Waals surface area contributed by atoms with E-state index >= 15 is 0 Å². The number of halogens is 1. The van der Waals surface area contributed by atoms with Crippen molar-refractivity contribution in [2.24, 2.45) is 0 Å². The molecule has 1 aromatic carbocycles. The third-order valence-electron chi connectivity index (χ3n) is 5.01. The monoisotopic (exact) mass is 460 g/mol. The average molecular weight is 461 g/mol. The summed E-state index contributed by atoms with van der Waals surface area (Å²) >= 11 is 8.80. The Morgan fingerprint density at radius 3 is 2.68 bits per heavy atom. The van der Waals surface area contributed by atoms with E-state index in [9.17, 15) is 4.79 Å². The minimum Gasteiger partial charge on any atom is -0.486 e. The molecule has 2 heterocycles. The largest absolute Gasteiger partial charge is 0.486 e. The number of nitrogens with zero attached hydrogens (tertiary/aromatic N) is 1. The molecule has 2 aromatic rings. The second kappa shape index (κ2) is 8.49. The van der Waals surface area contributed by atoms with Gasteiger partial charge >= 0.3 is 0 Å². The predicted molar refractivity (Wildman–Crippen MR) is 115 cm³/mol. The number of hydrogen-bond donors (Lipinski definition) is 1. The number of carbonyl (C=O) groups is 1. The summed E-state index contributed by atoms with van der Waals surface area (Å²) in [4.78, 5) is 14.5. The van der Waals surface area contributed by atoms with E-state index in [0.29, 0.717) is 28.9 Å². The van der Waals surface area contributed by atoms with Crippen molar-refractivity contribution < 1.29 is 13.9 Å². The van der Waals surface area contributed by atoms with Crippen molar-refractivity contribution in [3.8, 4) is 5.75 Å². The predicted octanol–water partition coefficient (Wildman–Crippen LogP) is 5.01. The average Bonchev–Trinajstić information content (AvgIpc) is 3.26. The molecule has 0 spiro atoms. The van der Waals surface area contributed by atoms with Crippen LogP contribution in [0.5, 0.6) is 5.75 Å². The molecule has 2 fully saturated rings. The summed E-state index contributed by atoms with van der Waals surface area (Å²) in [5, 5.41) is 3.54. The quantitative estimate of drug-likeness (QED) is 0.501. The highest BCUT2D eigenvalue weighted by atomic mass is 79.9. The molecule has 4 rings (SSSR count). The lowest BCUT2D eigenvalue weighted by molar-refractivity contribution is -0.124. The van der Waals surface area contributed by atoms with Crippen LogP contribution in [-0.2, 0) is 11.4 Å². The van der Waals surface area contributed by atoms with Gasteiger partial charge in [0.15, 0.2) is 5.11 Å². The number of nitrogens with one attached hydrogen (secondary N) is 1. The van der Waals surface area contributed by atoms with Gasteiger partial charge in [-0.25, -0.2) is 0 Å². The maximum absolute atomic E-state index is 12.8. The lowest BCUT2D eigenvalue weighted by Crippen LogP contribution is -2.41. The highest BCUT2D eigenvalue weighted by Crippen LogP contribution is 2.27. The number of furan rings is 1. The van der Waals surface area contributed by atoms with Crippen molar-refractivity contribution in [3.63, 3.8) is 0 Å². The van der Waals surface area contributed by atoms with Gasteiger partial charge in [-0.3, -0.25) is 9.69 Å². The van der Waals surface area contributed by atoms with E-state index in [1.165, 1.54) is 6.42 Å². The number of thiocarbonyl (C=S) groups is 1. The van der Waals surface area contributed by atoms with Crippen molar-refractivity contribution in [2.75, 3.05) is 0 Å². The Balaban J connectivity index is 1.41. The summed E-state index contributed by atoms with van der Waals surface area (Å²) < 4.78 is 12.5. The number of rotatable bonds is 5. The van der Waals surface area contributed by atoms with Crippen molar-refractivity contribution in [2.45, 2.75) is 44.8 Å². The zero-order valence-electron chi connectivity index (χ0n) is 15.3. The Morgan fingerprint density at radius 1 is 1.18 bits per heavy atom. The molecule has 7 heteroatoms.